The number of ether oxygens (including phenoxy) is 1. The van der Waals surface area contributed by atoms with E-state index in [1.807, 2.05) is 0 Å². The fourth-order valence-corrected chi connectivity index (χ4v) is 2.78. The summed E-state index contributed by atoms with van der Waals surface area (Å²) in [5.74, 6) is 1.69. The summed E-state index contributed by atoms with van der Waals surface area (Å²) in [6.07, 6.45) is 3.69. The molecule has 0 bridgehead atoms. The maximum atomic E-state index is 13.0. The Morgan fingerprint density at radius 3 is 2.62 bits per heavy atom. The predicted molar refractivity (Wildman–Crippen MR) is 106 cm³/mol. The number of halogens is 1. The molecule has 1 N–H and O–H groups in total. The van der Waals surface area contributed by atoms with E-state index in [4.69, 9.17) is 9.26 Å². The van der Waals surface area contributed by atoms with Gasteiger partial charge in [-0.25, -0.2) is 4.39 Å². The highest BCUT2D eigenvalue weighted by atomic mass is 19.1. The summed E-state index contributed by atoms with van der Waals surface area (Å²) in [6.45, 7) is 2.03. The quantitative estimate of drug-likeness (QED) is 0.589. The van der Waals surface area contributed by atoms with Crippen molar-refractivity contribution in [2.45, 2.75) is 32.3 Å². The van der Waals surface area contributed by atoms with Gasteiger partial charge in [-0.2, -0.15) is 4.98 Å². The molecule has 1 aliphatic rings. The van der Waals surface area contributed by atoms with E-state index >= 15 is 0 Å². The molecule has 1 aromatic heterocycles. The summed E-state index contributed by atoms with van der Waals surface area (Å²) in [4.78, 5) is 16.5. The van der Waals surface area contributed by atoms with E-state index < -0.39 is 0 Å². The van der Waals surface area contributed by atoms with Gasteiger partial charge in [-0.15, -0.1) is 0 Å². The van der Waals surface area contributed by atoms with Crippen molar-refractivity contribution in [2.75, 3.05) is 5.32 Å². The highest BCUT2D eigenvalue weighted by molar-refractivity contribution is 6.03. The topological polar surface area (TPSA) is 77.2 Å². The summed E-state index contributed by atoms with van der Waals surface area (Å²) < 4.78 is 23.9. The number of hydrogen-bond donors (Lipinski definition) is 1. The zero-order valence-electron chi connectivity index (χ0n) is 15.9. The predicted octanol–water partition coefficient (Wildman–Crippen LogP) is 4.71. The Bertz CT molecular complexity index is 1020. The molecule has 0 radical (unpaired) electrons. The van der Waals surface area contributed by atoms with Crippen molar-refractivity contribution in [2.24, 2.45) is 0 Å². The Morgan fingerprint density at radius 2 is 1.93 bits per heavy atom. The number of hydrogen-bond acceptors (Lipinski definition) is 5. The average molecular weight is 393 g/mol. The molecule has 1 saturated carbocycles. The second kappa shape index (κ2) is 8.26. The molecule has 0 unspecified atom stereocenters. The van der Waals surface area contributed by atoms with Crippen LogP contribution in [0.4, 0.5) is 10.1 Å². The number of aromatic nitrogens is 2. The molecule has 6 nitrogen and oxygen atoms in total. The molecule has 29 heavy (non-hydrogen) atoms. The lowest BCUT2D eigenvalue weighted by molar-refractivity contribution is -0.111. The molecule has 0 spiro atoms. The van der Waals surface area contributed by atoms with Gasteiger partial charge in [0.15, 0.2) is 6.61 Å². The number of nitrogens with one attached hydrogen (secondary N) is 1. The maximum absolute atomic E-state index is 13.0. The van der Waals surface area contributed by atoms with Crippen LogP contribution in [0.5, 0.6) is 5.75 Å². The van der Waals surface area contributed by atoms with Crippen LogP contribution in [-0.4, -0.2) is 16.0 Å². The first-order chi connectivity index (χ1) is 14.1. The molecule has 1 amide bonds. The molecule has 3 aromatic rings. The highest BCUT2D eigenvalue weighted by Gasteiger charge is 2.29. The van der Waals surface area contributed by atoms with Gasteiger partial charge in [-0.05, 0) is 67.3 Å². The van der Waals surface area contributed by atoms with Crippen LogP contribution in [-0.2, 0) is 11.4 Å². The monoisotopic (exact) mass is 393 g/mol. The van der Waals surface area contributed by atoms with E-state index in [2.05, 4.69) is 15.5 Å². The minimum absolute atomic E-state index is 0.224. The van der Waals surface area contributed by atoms with Crippen LogP contribution in [0.1, 0.15) is 43.0 Å². The highest BCUT2D eigenvalue weighted by Crippen LogP contribution is 2.38. The minimum Gasteiger partial charge on any atom is -0.485 e. The zero-order valence-corrected chi connectivity index (χ0v) is 15.9. The summed E-state index contributed by atoms with van der Waals surface area (Å²) in [5.41, 5.74) is 2.17. The molecule has 0 atom stereocenters. The second-order valence-corrected chi connectivity index (χ2v) is 6.96. The first-order valence-electron chi connectivity index (χ1n) is 9.37. The third kappa shape index (κ3) is 5.07. The number of carbonyl (C=O) groups excluding carboxylic acids is 1. The van der Waals surface area contributed by atoms with E-state index in [0.29, 0.717) is 29.1 Å². The molecule has 2 aromatic carbocycles. The van der Waals surface area contributed by atoms with E-state index in [9.17, 15) is 9.18 Å². The SMILES string of the molecule is C/C(=C/C(=O)Nc1ccc(OCc2noc(C3CC3)n2)cc1)c1ccc(F)cc1. The van der Waals surface area contributed by atoms with Crippen molar-refractivity contribution in [3.05, 3.63) is 77.7 Å². The van der Waals surface area contributed by atoms with Crippen molar-refractivity contribution in [1.82, 2.24) is 10.1 Å². The normalized spacial score (nSPS) is 13.9. The first kappa shape index (κ1) is 18.9. The van der Waals surface area contributed by atoms with E-state index in [1.54, 1.807) is 43.3 Å². The zero-order chi connectivity index (χ0) is 20.2. The molecule has 0 saturated heterocycles. The minimum atomic E-state index is -0.309. The largest absolute Gasteiger partial charge is 0.485 e. The number of benzene rings is 2. The van der Waals surface area contributed by atoms with Crippen molar-refractivity contribution in [3.8, 4) is 5.75 Å². The van der Waals surface area contributed by atoms with Gasteiger partial charge >= 0.3 is 0 Å². The lowest BCUT2D eigenvalue weighted by Gasteiger charge is -2.07. The number of rotatable bonds is 7. The second-order valence-electron chi connectivity index (χ2n) is 6.96. The lowest BCUT2D eigenvalue weighted by Crippen LogP contribution is -2.08. The van der Waals surface area contributed by atoms with Gasteiger partial charge in [0.1, 0.15) is 11.6 Å². The van der Waals surface area contributed by atoms with Gasteiger partial charge < -0.3 is 14.6 Å². The summed E-state index contributed by atoms with van der Waals surface area (Å²) >= 11 is 0. The molecule has 0 aliphatic heterocycles. The molecule has 1 heterocycles. The third-order valence-electron chi connectivity index (χ3n) is 4.55. The standard InChI is InChI=1S/C22H20FN3O3/c1-14(15-4-6-17(23)7-5-15)12-21(27)24-18-8-10-19(11-9-18)28-13-20-25-22(29-26-20)16-2-3-16/h4-12,16H,2-3,13H2,1H3,(H,24,27)/b14-12-. The summed E-state index contributed by atoms with van der Waals surface area (Å²) in [6, 6.07) is 13.0. The van der Waals surface area contributed by atoms with Crippen LogP contribution < -0.4 is 10.1 Å². The Balaban J connectivity index is 1.30. The van der Waals surface area contributed by atoms with Gasteiger partial charge in [0, 0.05) is 17.7 Å². The summed E-state index contributed by atoms with van der Waals surface area (Å²) in [5, 5.41) is 6.70. The van der Waals surface area contributed by atoms with Crippen LogP contribution in [0, 0.1) is 5.82 Å². The smallest absolute Gasteiger partial charge is 0.248 e. The number of amides is 1. The Morgan fingerprint density at radius 1 is 1.21 bits per heavy atom. The van der Waals surface area contributed by atoms with E-state index in [-0.39, 0.29) is 18.3 Å². The van der Waals surface area contributed by atoms with Crippen LogP contribution >= 0.6 is 0 Å². The van der Waals surface area contributed by atoms with Crippen LogP contribution in [0.25, 0.3) is 5.57 Å². The molecular weight excluding hydrogens is 373 g/mol. The average Bonchev–Trinajstić information content (AvgIpc) is 3.46. The number of allylic oxidation sites excluding steroid dienone is 1. The van der Waals surface area contributed by atoms with E-state index in [1.165, 1.54) is 18.2 Å². The number of anilines is 1. The maximum Gasteiger partial charge on any atom is 0.248 e. The third-order valence-corrected chi connectivity index (χ3v) is 4.55. The Hall–Kier alpha value is -3.48. The molecule has 7 heteroatoms. The Labute approximate surface area is 167 Å². The first-order valence-corrected chi connectivity index (χ1v) is 9.37. The molecule has 4 rings (SSSR count). The van der Waals surface area contributed by atoms with Gasteiger partial charge in [0.25, 0.3) is 0 Å². The molecule has 148 valence electrons. The fourth-order valence-electron chi connectivity index (χ4n) is 2.78. The number of carbonyl (C=O) groups is 1. The summed E-state index contributed by atoms with van der Waals surface area (Å²) in [7, 11) is 0. The van der Waals surface area contributed by atoms with Gasteiger partial charge in [0.2, 0.25) is 17.6 Å². The van der Waals surface area contributed by atoms with Crippen molar-refractivity contribution in [3.63, 3.8) is 0 Å². The van der Waals surface area contributed by atoms with Gasteiger partial charge in [-0.3, -0.25) is 4.79 Å². The molecular formula is C22H20FN3O3. The van der Waals surface area contributed by atoms with Gasteiger partial charge in [0.05, 0.1) is 0 Å². The molecule has 1 fully saturated rings. The van der Waals surface area contributed by atoms with Crippen LogP contribution in [0.3, 0.4) is 0 Å². The molecule has 1 aliphatic carbocycles. The fraction of sp³-hybridized carbons (Fsp3) is 0.227. The Kier molecular flexibility index (Phi) is 5.37. The lowest BCUT2D eigenvalue weighted by atomic mass is 10.1. The van der Waals surface area contributed by atoms with Gasteiger partial charge in [-0.1, -0.05) is 17.3 Å². The number of nitrogens with zero attached hydrogens (tertiary/aromatic N) is 2. The van der Waals surface area contributed by atoms with Crippen molar-refractivity contribution >= 4 is 17.2 Å². The van der Waals surface area contributed by atoms with E-state index in [0.717, 1.165) is 24.0 Å². The van der Waals surface area contributed by atoms with Crippen molar-refractivity contribution in [1.29, 1.82) is 0 Å². The van der Waals surface area contributed by atoms with Crippen LogP contribution in [0.2, 0.25) is 0 Å². The van der Waals surface area contributed by atoms with Crippen molar-refractivity contribution < 1.29 is 18.4 Å². The van der Waals surface area contributed by atoms with Crippen LogP contribution in [0.15, 0.2) is 59.1 Å².